The molecule has 0 spiro atoms. The number of ether oxygens (including phenoxy) is 1. The Labute approximate surface area is 169 Å². The Kier molecular flexibility index (Phi) is 5.56. The topological polar surface area (TPSA) is 79.4 Å². The summed E-state index contributed by atoms with van der Waals surface area (Å²) in [6.07, 6.45) is 5.47. The zero-order valence-electron chi connectivity index (χ0n) is 16.3. The fourth-order valence-corrected chi connectivity index (χ4v) is 3.31. The van der Waals surface area contributed by atoms with Gasteiger partial charge in [0.1, 0.15) is 5.75 Å². The second-order valence-corrected chi connectivity index (χ2v) is 6.82. The molecule has 4 rings (SSSR count). The first kappa shape index (κ1) is 18.7. The first-order chi connectivity index (χ1) is 14.2. The van der Waals surface area contributed by atoms with Gasteiger partial charge in [-0.25, -0.2) is 9.97 Å². The monoisotopic (exact) mass is 389 g/mol. The number of rotatable bonds is 6. The summed E-state index contributed by atoms with van der Waals surface area (Å²) < 4.78 is 5.30. The van der Waals surface area contributed by atoms with E-state index in [0.29, 0.717) is 17.3 Å². The number of benzene rings is 2. The number of anilines is 4. The number of hydrogen-bond acceptors (Lipinski definition) is 6. The SMILES string of the molecule is COc1ccccc1Nc1ncc(C(=O)Nc2ccc(N3CCCC3)cc2)cn1. The highest BCUT2D eigenvalue weighted by atomic mass is 16.5. The molecule has 0 bridgehead atoms. The maximum Gasteiger partial charge on any atom is 0.258 e. The summed E-state index contributed by atoms with van der Waals surface area (Å²) in [7, 11) is 1.60. The van der Waals surface area contributed by atoms with Crippen LogP contribution in [0.25, 0.3) is 0 Å². The molecule has 1 amide bonds. The lowest BCUT2D eigenvalue weighted by Crippen LogP contribution is -2.17. The zero-order valence-corrected chi connectivity index (χ0v) is 16.3. The Morgan fingerprint density at radius 1 is 1.00 bits per heavy atom. The van der Waals surface area contributed by atoms with Crippen molar-refractivity contribution in [2.24, 2.45) is 0 Å². The Bertz CT molecular complexity index is 967. The Morgan fingerprint density at radius 3 is 2.38 bits per heavy atom. The number of carbonyl (C=O) groups excluding carboxylic acids is 1. The summed E-state index contributed by atoms with van der Waals surface area (Å²) in [6, 6.07) is 15.4. The Balaban J connectivity index is 1.39. The van der Waals surface area contributed by atoms with Gasteiger partial charge in [-0.1, -0.05) is 12.1 Å². The third kappa shape index (κ3) is 4.45. The molecule has 3 aromatic rings. The van der Waals surface area contributed by atoms with Gasteiger partial charge < -0.3 is 20.3 Å². The maximum atomic E-state index is 12.5. The molecule has 0 saturated carbocycles. The van der Waals surface area contributed by atoms with Gasteiger partial charge in [0.25, 0.3) is 5.91 Å². The van der Waals surface area contributed by atoms with Crippen LogP contribution >= 0.6 is 0 Å². The molecule has 1 aliphatic rings. The van der Waals surface area contributed by atoms with Gasteiger partial charge in [-0.3, -0.25) is 4.79 Å². The van der Waals surface area contributed by atoms with Gasteiger partial charge >= 0.3 is 0 Å². The van der Waals surface area contributed by atoms with Crippen LogP contribution in [0.2, 0.25) is 0 Å². The highest BCUT2D eigenvalue weighted by Crippen LogP contribution is 2.25. The summed E-state index contributed by atoms with van der Waals surface area (Å²) in [5.41, 5.74) is 3.08. The van der Waals surface area contributed by atoms with Gasteiger partial charge in [-0.15, -0.1) is 0 Å². The molecule has 7 heteroatoms. The number of carbonyl (C=O) groups is 1. The van der Waals surface area contributed by atoms with Crippen LogP contribution in [0.5, 0.6) is 5.75 Å². The molecular weight excluding hydrogens is 366 g/mol. The maximum absolute atomic E-state index is 12.5. The van der Waals surface area contributed by atoms with Gasteiger partial charge in [0, 0.05) is 36.9 Å². The fraction of sp³-hybridized carbons (Fsp3) is 0.227. The smallest absolute Gasteiger partial charge is 0.258 e. The van der Waals surface area contributed by atoms with E-state index in [9.17, 15) is 4.79 Å². The van der Waals surface area contributed by atoms with Crippen LogP contribution in [0.1, 0.15) is 23.2 Å². The summed E-state index contributed by atoms with van der Waals surface area (Å²) >= 11 is 0. The van der Waals surface area contributed by atoms with Crippen molar-refractivity contribution < 1.29 is 9.53 Å². The van der Waals surface area contributed by atoms with Crippen molar-refractivity contribution in [1.29, 1.82) is 0 Å². The van der Waals surface area contributed by atoms with Gasteiger partial charge in [-0.2, -0.15) is 0 Å². The summed E-state index contributed by atoms with van der Waals surface area (Å²) in [5, 5.41) is 5.97. The zero-order chi connectivity index (χ0) is 20.1. The number of methoxy groups -OCH3 is 1. The van der Waals surface area contributed by atoms with Gasteiger partial charge in [0.05, 0.1) is 18.4 Å². The minimum atomic E-state index is -0.247. The molecule has 1 aliphatic heterocycles. The Hall–Kier alpha value is -3.61. The number of para-hydroxylation sites is 2. The standard InChI is InChI=1S/C22H23N5O2/c1-29-20-7-3-2-6-19(20)26-22-23-14-16(15-24-22)21(28)25-17-8-10-18(11-9-17)27-12-4-5-13-27/h2-3,6-11,14-15H,4-5,12-13H2,1H3,(H,25,28)(H,23,24,26). The molecule has 2 N–H and O–H groups in total. The highest BCUT2D eigenvalue weighted by Gasteiger charge is 2.13. The quantitative estimate of drug-likeness (QED) is 0.661. The van der Waals surface area contributed by atoms with E-state index in [0.717, 1.165) is 24.5 Å². The van der Waals surface area contributed by atoms with Crippen molar-refractivity contribution in [1.82, 2.24) is 9.97 Å². The van der Waals surface area contributed by atoms with Crippen molar-refractivity contribution in [2.45, 2.75) is 12.8 Å². The molecule has 2 aromatic carbocycles. The predicted molar refractivity (Wildman–Crippen MR) is 114 cm³/mol. The minimum Gasteiger partial charge on any atom is -0.495 e. The van der Waals surface area contributed by atoms with E-state index >= 15 is 0 Å². The van der Waals surface area contributed by atoms with Crippen LogP contribution in [0.15, 0.2) is 60.9 Å². The lowest BCUT2D eigenvalue weighted by molar-refractivity contribution is 0.102. The number of amides is 1. The molecule has 0 unspecified atom stereocenters. The van der Waals surface area contributed by atoms with Crippen molar-refractivity contribution in [2.75, 3.05) is 35.7 Å². The van der Waals surface area contributed by atoms with E-state index in [1.165, 1.54) is 30.9 Å². The molecule has 2 heterocycles. The van der Waals surface area contributed by atoms with Crippen molar-refractivity contribution in [3.63, 3.8) is 0 Å². The molecule has 1 aromatic heterocycles. The van der Waals surface area contributed by atoms with E-state index in [1.54, 1.807) is 7.11 Å². The highest BCUT2D eigenvalue weighted by molar-refractivity contribution is 6.04. The van der Waals surface area contributed by atoms with E-state index < -0.39 is 0 Å². The molecule has 0 radical (unpaired) electrons. The molecule has 0 atom stereocenters. The lowest BCUT2D eigenvalue weighted by atomic mass is 10.2. The molecule has 0 aliphatic carbocycles. The normalized spacial score (nSPS) is 13.2. The first-order valence-electron chi connectivity index (χ1n) is 9.61. The summed E-state index contributed by atoms with van der Waals surface area (Å²) in [6.45, 7) is 2.19. The summed E-state index contributed by atoms with van der Waals surface area (Å²) in [4.78, 5) is 23.3. The van der Waals surface area contributed by atoms with E-state index in [2.05, 4.69) is 25.5 Å². The van der Waals surface area contributed by atoms with E-state index in [1.807, 2.05) is 48.5 Å². The van der Waals surface area contributed by atoms with E-state index in [4.69, 9.17) is 4.74 Å². The van der Waals surface area contributed by atoms with Crippen LogP contribution < -0.4 is 20.3 Å². The Morgan fingerprint density at radius 2 is 1.69 bits per heavy atom. The summed E-state index contributed by atoms with van der Waals surface area (Å²) in [5.74, 6) is 0.832. The average molecular weight is 389 g/mol. The van der Waals surface area contributed by atoms with Crippen LogP contribution in [0, 0.1) is 0 Å². The van der Waals surface area contributed by atoms with Crippen LogP contribution in [-0.4, -0.2) is 36.1 Å². The number of nitrogens with one attached hydrogen (secondary N) is 2. The van der Waals surface area contributed by atoms with Gasteiger partial charge in [-0.05, 0) is 49.2 Å². The minimum absolute atomic E-state index is 0.247. The van der Waals surface area contributed by atoms with Crippen LogP contribution in [0.4, 0.5) is 23.0 Å². The predicted octanol–water partition coefficient (Wildman–Crippen LogP) is 4.08. The molecule has 148 valence electrons. The average Bonchev–Trinajstić information content (AvgIpc) is 3.30. The number of aromatic nitrogens is 2. The third-order valence-corrected chi connectivity index (χ3v) is 4.86. The second-order valence-electron chi connectivity index (χ2n) is 6.82. The molecular formula is C22H23N5O2. The largest absolute Gasteiger partial charge is 0.495 e. The number of nitrogens with zero attached hydrogens (tertiary/aromatic N) is 3. The second kappa shape index (κ2) is 8.60. The first-order valence-corrected chi connectivity index (χ1v) is 9.61. The van der Waals surface area contributed by atoms with Crippen molar-refractivity contribution in [3.8, 4) is 5.75 Å². The molecule has 7 nitrogen and oxygen atoms in total. The van der Waals surface area contributed by atoms with Gasteiger partial charge in [0.15, 0.2) is 0 Å². The van der Waals surface area contributed by atoms with Gasteiger partial charge in [0.2, 0.25) is 5.95 Å². The van der Waals surface area contributed by atoms with E-state index in [-0.39, 0.29) is 5.91 Å². The number of hydrogen-bond donors (Lipinski definition) is 2. The van der Waals surface area contributed by atoms with Crippen LogP contribution in [0.3, 0.4) is 0 Å². The molecule has 1 saturated heterocycles. The van der Waals surface area contributed by atoms with Crippen molar-refractivity contribution in [3.05, 3.63) is 66.5 Å². The lowest BCUT2D eigenvalue weighted by Gasteiger charge is -2.17. The third-order valence-electron chi connectivity index (χ3n) is 4.86. The van der Waals surface area contributed by atoms with Crippen LogP contribution in [-0.2, 0) is 0 Å². The fourth-order valence-electron chi connectivity index (χ4n) is 3.31. The van der Waals surface area contributed by atoms with Crippen molar-refractivity contribution >= 4 is 28.9 Å². The molecule has 1 fully saturated rings. The molecule has 29 heavy (non-hydrogen) atoms.